The molecule has 7 heteroatoms. The van der Waals surface area contributed by atoms with Crippen LogP contribution in [0.4, 0.5) is 0 Å². The van der Waals surface area contributed by atoms with Crippen molar-refractivity contribution in [3.8, 4) is 11.1 Å². The van der Waals surface area contributed by atoms with Crippen LogP contribution in [0.2, 0.25) is 10.0 Å². The number of aryl methyl sites for hydroxylation is 1. The molecular weight excluding hydrogens is 439 g/mol. The molecule has 158 valence electrons. The van der Waals surface area contributed by atoms with Gasteiger partial charge in [-0.1, -0.05) is 53.5 Å². The number of Topliss-reactive ketones (excluding diaryl/α,β-unsaturated/α-hetero) is 1. The predicted octanol–water partition coefficient (Wildman–Crippen LogP) is 6.16. The first-order valence-corrected chi connectivity index (χ1v) is 10.0. The Labute approximate surface area is 188 Å². The number of carbonyl (C=O) groups is 3. The van der Waals surface area contributed by atoms with Crippen molar-refractivity contribution in [1.82, 2.24) is 0 Å². The van der Waals surface area contributed by atoms with E-state index in [4.69, 9.17) is 23.2 Å². The van der Waals surface area contributed by atoms with E-state index in [0.717, 1.165) is 5.56 Å². The molecule has 0 amide bonds. The summed E-state index contributed by atoms with van der Waals surface area (Å²) in [5, 5.41) is 19.8. The highest BCUT2D eigenvalue weighted by Crippen LogP contribution is 2.37. The zero-order valence-corrected chi connectivity index (χ0v) is 18.2. The van der Waals surface area contributed by atoms with Crippen molar-refractivity contribution < 1.29 is 24.6 Å². The van der Waals surface area contributed by atoms with Crippen molar-refractivity contribution in [3.05, 3.63) is 92.0 Å². The van der Waals surface area contributed by atoms with E-state index in [-0.39, 0.29) is 32.5 Å². The second-order valence-electron chi connectivity index (χ2n) is 7.14. The molecule has 0 bridgehead atoms. The van der Waals surface area contributed by atoms with Gasteiger partial charge in [0.2, 0.25) is 0 Å². The molecule has 0 fully saturated rings. The lowest BCUT2D eigenvalue weighted by atomic mass is 9.90. The van der Waals surface area contributed by atoms with Gasteiger partial charge >= 0.3 is 11.9 Å². The fraction of sp³-hybridized carbons (Fsp3) is 0.125. The molecule has 0 aliphatic rings. The summed E-state index contributed by atoms with van der Waals surface area (Å²) in [5.41, 5.74) is 2.62. The molecule has 2 N–H and O–H groups in total. The molecule has 0 radical (unpaired) electrons. The topological polar surface area (TPSA) is 91.7 Å². The quantitative estimate of drug-likeness (QED) is 0.433. The Morgan fingerprint density at radius 2 is 1.45 bits per heavy atom. The zero-order valence-electron chi connectivity index (χ0n) is 16.7. The summed E-state index contributed by atoms with van der Waals surface area (Å²) in [5.74, 6) is -2.52. The summed E-state index contributed by atoms with van der Waals surface area (Å²) in [6.07, 6.45) is 0.390. The fourth-order valence-electron chi connectivity index (χ4n) is 3.44. The lowest BCUT2D eigenvalue weighted by molar-refractivity contribution is 0.0695. The number of halogens is 2. The molecule has 0 atom stereocenters. The van der Waals surface area contributed by atoms with Gasteiger partial charge in [-0.15, -0.1) is 0 Å². The van der Waals surface area contributed by atoms with E-state index in [9.17, 15) is 24.6 Å². The first-order chi connectivity index (χ1) is 14.6. The molecular formula is C24H18Cl2O5. The van der Waals surface area contributed by atoms with Crippen molar-refractivity contribution in [2.75, 3.05) is 0 Å². The van der Waals surface area contributed by atoms with Gasteiger partial charge in [0.25, 0.3) is 0 Å². The third-order valence-corrected chi connectivity index (χ3v) is 5.70. The maximum absolute atomic E-state index is 11.9. The molecule has 3 aromatic rings. The number of ketones is 1. The van der Waals surface area contributed by atoms with E-state index < -0.39 is 11.9 Å². The highest BCUT2D eigenvalue weighted by Gasteiger charge is 2.23. The minimum Gasteiger partial charge on any atom is -0.478 e. The normalized spacial score (nSPS) is 10.7. The Morgan fingerprint density at radius 3 is 1.94 bits per heavy atom. The van der Waals surface area contributed by atoms with Crippen LogP contribution in [0.1, 0.15) is 54.7 Å². The minimum absolute atomic E-state index is 0.0337. The molecule has 0 aromatic heterocycles. The van der Waals surface area contributed by atoms with Gasteiger partial charge < -0.3 is 10.2 Å². The number of hydrogen-bond acceptors (Lipinski definition) is 3. The molecule has 31 heavy (non-hydrogen) atoms. The van der Waals surface area contributed by atoms with Gasteiger partial charge in [0.15, 0.2) is 5.78 Å². The molecule has 0 aliphatic carbocycles. The van der Waals surface area contributed by atoms with Gasteiger partial charge in [-0.2, -0.15) is 0 Å². The molecule has 0 spiro atoms. The highest BCUT2D eigenvalue weighted by molar-refractivity contribution is 6.36. The van der Waals surface area contributed by atoms with Crippen LogP contribution in [0.15, 0.2) is 48.5 Å². The van der Waals surface area contributed by atoms with E-state index >= 15 is 0 Å². The van der Waals surface area contributed by atoms with Crippen LogP contribution in [-0.4, -0.2) is 27.9 Å². The number of aromatic carboxylic acids is 2. The summed E-state index contributed by atoms with van der Waals surface area (Å²) in [6, 6.07) is 12.9. The molecule has 5 nitrogen and oxygen atoms in total. The summed E-state index contributed by atoms with van der Waals surface area (Å²) >= 11 is 13.0. The number of rotatable bonds is 6. The monoisotopic (exact) mass is 456 g/mol. The Bertz CT molecular complexity index is 1190. The van der Waals surface area contributed by atoms with E-state index in [2.05, 4.69) is 0 Å². The second-order valence-corrected chi connectivity index (χ2v) is 7.95. The van der Waals surface area contributed by atoms with Crippen LogP contribution in [-0.2, 0) is 6.42 Å². The maximum Gasteiger partial charge on any atom is 0.336 e. The Kier molecular flexibility index (Phi) is 6.48. The summed E-state index contributed by atoms with van der Waals surface area (Å²) < 4.78 is 0. The van der Waals surface area contributed by atoms with Gasteiger partial charge in [0, 0.05) is 27.6 Å². The van der Waals surface area contributed by atoms with Gasteiger partial charge in [0.1, 0.15) is 0 Å². The molecule has 0 unspecified atom stereocenters. The highest BCUT2D eigenvalue weighted by atomic mass is 35.5. The van der Waals surface area contributed by atoms with Gasteiger partial charge in [-0.3, -0.25) is 4.79 Å². The fourth-order valence-corrected chi connectivity index (χ4v) is 4.06. The molecule has 0 heterocycles. The van der Waals surface area contributed by atoms with Crippen molar-refractivity contribution in [1.29, 1.82) is 0 Å². The smallest absolute Gasteiger partial charge is 0.336 e. The Morgan fingerprint density at radius 1 is 0.871 bits per heavy atom. The average molecular weight is 457 g/mol. The molecule has 0 saturated heterocycles. The van der Waals surface area contributed by atoms with Gasteiger partial charge in [-0.25, -0.2) is 9.59 Å². The number of benzene rings is 3. The van der Waals surface area contributed by atoms with Crippen LogP contribution in [0, 0.1) is 6.92 Å². The van der Waals surface area contributed by atoms with Crippen molar-refractivity contribution in [2.24, 2.45) is 0 Å². The number of carboxylic acids is 2. The second kappa shape index (κ2) is 8.92. The van der Waals surface area contributed by atoms with E-state index in [1.54, 1.807) is 19.1 Å². The average Bonchev–Trinajstić information content (AvgIpc) is 2.70. The lowest BCUT2D eigenvalue weighted by Gasteiger charge is -2.16. The van der Waals surface area contributed by atoms with Crippen LogP contribution in [0.5, 0.6) is 0 Å². The van der Waals surface area contributed by atoms with Crippen molar-refractivity contribution >= 4 is 40.9 Å². The largest absolute Gasteiger partial charge is 0.478 e. The summed E-state index contributed by atoms with van der Waals surface area (Å²) in [6.45, 7) is 3.09. The summed E-state index contributed by atoms with van der Waals surface area (Å²) in [4.78, 5) is 35.1. The van der Waals surface area contributed by atoms with Crippen LogP contribution < -0.4 is 0 Å². The molecule has 3 aromatic carbocycles. The summed E-state index contributed by atoms with van der Waals surface area (Å²) in [7, 11) is 0. The van der Waals surface area contributed by atoms with Crippen LogP contribution in [0.25, 0.3) is 11.1 Å². The zero-order chi connectivity index (χ0) is 22.9. The van der Waals surface area contributed by atoms with Gasteiger partial charge in [-0.05, 0) is 54.3 Å². The lowest BCUT2D eigenvalue weighted by Crippen LogP contribution is -2.09. The first-order valence-electron chi connectivity index (χ1n) is 9.28. The SMILES string of the molecule is CC(=O)c1ccc(Cc2c(Cl)cc(-c3c(C(=O)O)ccc(C)c3C(=O)O)cc2Cl)cc1. The molecule has 0 saturated carbocycles. The molecule has 0 aliphatic heterocycles. The van der Waals surface area contributed by atoms with Crippen LogP contribution >= 0.6 is 23.2 Å². The first kappa shape index (κ1) is 22.5. The Hall–Kier alpha value is -3.15. The van der Waals surface area contributed by atoms with Gasteiger partial charge in [0.05, 0.1) is 11.1 Å². The van der Waals surface area contributed by atoms with E-state index in [1.807, 2.05) is 12.1 Å². The third-order valence-electron chi connectivity index (χ3n) is 5.03. The third kappa shape index (κ3) is 4.63. The standard InChI is InChI=1S/C24H18Cl2O5/c1-12-3-8-17(23(28)29)22(21(12)24(30)31)16-10-19(25)18(20(26)11-16)9-14-4-6-15(7-5-14)13(2)27/h3-8,10-11H,9H2,1-2H3,(H,28,29)(H,30,31). The number of carboxylic acid groups (broad SMARTS) is 2. The molecule has 3 rings (SSSR count). The maximum atomic E-state index is 11.9. The van der Waals surface area contributed by atoms with Crippen molar-refractivity contribution in [3.63, 3.8) is 0 Å². The van der Waals surface area contributed by atoms with E-state index in [1.165, 1.54) is 31.2 Å². The van der Waals surface area contributed by atoms with E-state index in [0.29, 0.717) is 28.7 Å². The number of hydrogen-bond donors (Lipinski definition) is 2. The predicted molar refractivity (Wildman–Crippen MR) is 120 cm³/mol. The number of carbonyl (C=O) groups excluding carboxylic acids is 1. The van der Waals surface area contributed by atoms with Crippen molar-refractivity contribution in [2.45, 2.75) is 20.3 Å². The Balaban J connectivity index is 2.11. The minimum atomic E-state index is -1.25. The van der Waals surface area contributed by atoms with Crippen LogP contribution in [0.3, 0.4) is 0 Å².